The highest BCUT2D eigenvalue weighted by Crippen LogP contribution is 2.37. The summed E-state index contributed by atoms with van der Waals surface area (Å²) >= 11 is 6.36. The third-order valence-corrected chi connectivity index (χ3v) is 4.64. The Labute approximate surface area is 139 Å². The Hall–Kier alpha value is -1.91. The number of hydrogen-bond donors (Lipinski definition) is 1. The van der Waals surface area contributed by atoms with Gasteiger partial charge in [0.25, 0.3) is 0 Å². The Bertz CT molecular complexity index is 704. The number of carboxylic acid groups (broad SMARTS) is 1. The monoisotopic (exact) mass is 333 g/mol. The van der Waals surface area contributed by atoms with Crippen molar-refractivity contribution < 1.29 is 14.3 Å². The van der Waals surface area contributed by atoms with Gasteiger partial charge in [0.2, 0.25) is 0 Å². The van der Waals surface area contributed by atoms with Crippen LogP contribution >= 0.6 is 11.6 Å². The summed E-state index contributed by atoms with van der Waals surface area (Å²) in [7, 11) is 0. The number of likely N-dealkylation sites (tertiary alicyclic amines) is 1. The molecule has 2 unspecified atom stereocenters. The standard InChI is InChI=1S/C18H17ClFNO2/c19-15-5-2-1-4-14(15)17(12-7-9-13(20)10-8-12)21-11-3-6-16(21)18(22)23/h1-2,4-5,7-10,16-17H,3,6,11H2,(H,22,23). The van der Waals surface area contributed by atoms with Gasteiger partial charge in [-0.15, -0.1) is 0 Å². The molecule has 2 atom stereocenters. The van der Waals surface area contributed by atoms with E-state index in [1.54, 1.807) is 18.2 Å². The van der Waals surface area contributed by atoms with Crippen LogP contribution in [0.5, 0.6) is 0 Å². The zero-order chi connectivity index (χ0) is 16.4. The van der Waals surface area contributed by atoms with Gasteiger partial charge in [-0.05, 0) is 42.2 Å². The maximum absolute atomic E-state index is 13.3. The van der Waals surface area contributed by atoms with Gasteiger partial charge < -0.3 is 5.11 Å². The number of halogens is 2. The van der Waals surface area contributed by atoms with Crippen molar-refractivity contribution in [3.05, 3.63) is 70.5 Å². The fourth-order valence-electron chi connectivity index (χ4n) is 3.25. The quantitative estimate of drug-likeness (QED) is 0.915. The third-order valence-electron chi connectivity index (χ3n) is 4.30. The molecular formula is C18H17ClFNO2. The fraction of sp³-hybridized carbons (Fsp3) is 0.278. The molecule has 0 radical (unpaired) electrons. The number of nitrogens with zero attached hydrogens (tertiary/aromatic N) is 1. The van der Waals surface area contributed by atoms with E-state index in [-0.39, 0.29) is 11.9 Å². The van der Waals surface area contributed by atoms with Crippen LogP contribution in [0.2, 0.25) is 5.02 Å². The van der Waals surface area contributed by atoms with Crippen molar-refractivity contribution in [3.63, 3.8) is 0 Å². The molecule has 1 aliphatic rings. The smallest absolute Gasteiger partial charge is 0.320 e. The van der Waals surface area contributed by atoms with Crippen molar-refractivity contribution in [2.24, 2.45) is 0 Å². The molecule has 1 aliphatic heterocycles. The van der Waals surface area contributed by atoms with Crippen LogP contribution in [-0.2, 0) is 4.79 Å². The summed E-state index contributed by atoms with van der Waals surface area (Å²) in [5, 5.41) is 10.1. The highest BCUT2D eigenvalue weighted by Gasteiger charge is 2.37. The lowest BCUT2D eigenvalue weighted by Gasteiger charge is -2.32. The van der Waals surface area contributed by atoms with Crippen molar-refractivity contribution in [1.29, 1.82) is 0 Å². The van der Waals surface area contributed by atoms with Gasteiger partial charge in [0, 0.05) is 11.6 Å². The molecule has 0 spiro atoms. The van der Waals surface area contributed by atoms with E-state index >= 15 is 0 Å². The second kappa shape index (κ2) is 6.69. The molecule has 0 aromatic heterocycles. The van der Waals surface area contributed by atoms with Gasteiger partial charge in [0.05, 0.1) is 6.04 Å². The molecule has 0 amide bonds. The van der Waals surface area contributed by atoms with Gasteiger partial charge >= 0.3 is 5.97 Å². The number of benzene rings is 2. The van der Waals surface area contributed by atoms with Gasteiger partial charge in [-0.1, -0.05) is 41.9 Å². The van der Waals surface area contributed by atoms with E-state index in [1.165, 1.54) is 12.1 Å². The SMILES string of the molecule is O=C(O)C1CCCN1C(c1ccc(F)cc1)c1ccccc1Cl. The minimum Gasteiger partial charge on any atom is -0.480 e. The lowest BCUT2D eigenvalue weighted by Crippen LogP contribution is -2.39. The molecule has 0 bridgehead atoms. The average Bonchev–Trinajstić information content (AvgIpc) is 3.01. The normalized spacial score (nSPS) is 19.7. The Morgan fingerprint density at radius 2 is 1.91 bits per heavy atom. The van der Waals surface area contributed by atoms with Crippen LogP contribution in [-0.4, -0.2) is 28.6 Å². The number of aliphatic carboxylic acids is 1. The minimum atomic E-state index is -0.832. The molecule has 1 saturated heterocycles. The van der Waals surface area contributed by atoms with E-state index in [1.807, 2.05) is 23.1 Å². The number of rotatable bonds is 4. The van der Waals surface area contributed by atoms with Gasteiger partial charge in [-0.25, -0.2) is 4.39 Å². The summed E-state index contributed by atoms with van der Waals surface area (Å²) in [4.78, 5) is 13.5. The van der Waals surface area contributed by atoms with Crippen molar-refractivity contribution in [2.45, 2.75) is 24.9 Å². The van der Waals surface area contributed by atoms with Crippen LogP contribution in [0.1, 0.15) is 30.0 Å². The summed E-state index contributed by atoms with van der Waals surface area (Å²) in [5.74, 6) is -1.15. The molecule has 3 nitrogen and oxygen atoms in total. The molecule has 2 aromatic carbocycles. The predicted octanol–water partition coefficient (Wildman–Crippen LogP) is 4.12. The van der Waals surface area contributed by atoms with Gasteiger partial charge in [-0.2, -0.15) is 0 Å². The summed E-state index contributed by atoms with van der Waals surface area (Å²) in [6.07, 6.45) is 1.43. The van der Waals surface area contributed by atoms with E-state index < -0.39 is 12.0 Å². The summed E-state index contributed by atoms with van der Waals surface area (Å²) in [5.41, 5.74) is 1.68. The van der Waals surface area contributed by atoms with Gasteiger partial charge in [-0.3, -0.25) is 9.69 Å². The molecular weight excluding hydrogens is 317 g/mol. The maximum Gasteiger partial charge on any atom is 0.320 e. The van der Waals surface area contributed by atoms with Crippen molar-refractivity contribution in [2.75, 3.05) is 6.54 Å². The fourth-order valence-corrected chi connectivity index (χ4v) is 3.49. The first kappa shape index (κ1) is 16.0. The third kappa shape index (κ3) is 3.23. The summed E-state index contributed by atoms with van der Waals surface area (Å²) in [6.45, 7) is 0.671. The van der Waals surface area contributed by atoms with E-state index in [9.17, 15) is 14.3 Å². The number of hydrogen-bond acceptors (Lipinski definition) is 2. The Balaban J connectivity index is 2.08. The van der Waals surface area contributed by atoms with Crippen molar-refractivity contribution in [1.82, 2.24) is 4.90 Å². The van der Waals surface area contributed by atoms with Crippen LogP contribution < -0.4 is 0 Å². The van der Waals surface area contributed by atoms with Crippen LogP contribution in [0.25, 0.3) is 0 Å². The molecule has 120 valence electrons. The van der Waals surface area contributed by atoms with E-state index in [2.05, 4.69) is 0 Å². The van der Waals surface area contributed by atoms with E-state index in [4.69, 9.17) is 11.6 Å². The second-order valence-corrected chi connectivity index (χ2v) is 6.12. The number of carboxylic acids is 1. The maximum atomic E-state index is 13.3. The summed E-state index contributed by atoms with van der Waals surface area (Å²) < 4.78 is 13.3. The van der Waals surface area contributed by atoms with E-state index in [0.717, 1.165) is 17.5 Å². The lowest BCUT2D eigenvalue weighted by molar-refractivity contribution is -0.142. The molecule has 1 heterocycles. The molecule has 1 fully saturated rings. The van der Waals surface area contributed by atoms with Gasteiger partial charge in [0.1, 0.15) is 11.9 Å². The first-order chi connectivity index (χ1) is 11.1. The highest BCUT2D eigenvalue weighted by molar-refractivity contribution is 6.31. The zero-order valence-electron chi connectivity index (χ0n) is 12.5. The molecule has 5 heteroatoms. The zero-order valence-corrected chi connectivity index (χ0v) is 13.2. The predicted molar refractivity (Wildman–Crippen MR) is 87.1 cm³/mol. The molecule has 3 rings (SSSR count). The second-order valence-electron chi connectivity index (χ2n) is 5.71. The van der Waals surface area contributed by atoms with Crippen LogP contribution in [0.15, 0.2) is 48.5 Å². The average molecular weight is 334 g/mol. The van der Waals surface area contributed by atoms with Crippen LogP contribution in [0, 0.1) is 5.82 Å². The van der Waals surface area contributed by atoms with Crippen LogP contribution in [0.3, 0.4) is 0 Å². The molecule has 0 aliphatic carbocycles. The lowest BCUT2D eigenvalue weighted by atomic mass is 9.96. The van der Waals surface area contributed by atoms with Crippen LogP contribution in [0.4, 0.5) is 4.39 Å². The Morgan fingerprint density at radius 3 is 2.57 bits per heavy atom. The molecule has 2 aromatic rings. The highest BCUT2D eigenvalue weighted by atomic mass is 35.5. The van der Waals surface area contributed by atoms with E-state index in [0.29, 0.717) is 18.0 Å². The Kier molecular flexibility index (Phi) is 4.64. The summed E-state index contributed by atoms with van der Waals surface area (Å²) in [6, 6.07) is 12.7. The number of carbonyl (C=O) groups is 1. The van der Waals surface area contributed by atoms with Gasteiger partial charge in [0.15, 0.2) is 0 Å². The molecule has 23 heavy (non-hydrogen) atoms. The first-order valence-electron chi connectivity index (χ1n) is 7.56. The molecule has 1 N–H and O–H groups in total. The topological polar surface area (TPSA) is 40.5 Å². The largest absolute Gasteiger partial charge is 0.480 e. The first-order valence-corrected chi connectivity index (χ1v) is 7.94. The minimum absolute atomic E-state index is 0.298. The Morgan fingerprint density at radius 1 is 1.22 bits per heavy atom. The van der Waals surface area contributed by atoms with Crippen molar-refractivity contribution in [3.8, 4) is 0 Å². The van der Waals surface area contributed by atoms with Crippen molar-refractivity contribution >= 4 is 17.6 Å². The molecule has 0 saturated carbocycles.